The van der Waals surface area contributed by atoms with Crippen LogP contribution in [-0.4, -0.2) is 47.7 Å². The molecule has 126 valence electrons. The number of carbonyl (C=O) groups excluding carboxylic acids is 1. The molecule has 0 radical (unpaired) electrons. The Balaban J connectivity index is 1.78. The van der Waals surface area contributed by atoms with Crippen LogP contribution in [0.2, 0.25) is 0 Å². The number of hydrogen-bond donors (Lipinski definition) is 0. The fourth-order valence-electron chi connectivity index (χ4n) is 4.23. The highest BCUT2D eigenvalue weighted by Gasteiger charge is 2.61. The molecule has 0 aromatic carbocycles. The van der Waals surface area contributed by atoms with Crippen molar-refractivity contribution in [1.29, 1.82) is 0 Å². The number of amides is 1. The lowest BCUT2D eigenvalue weighted by Gasteiger charge is -2.57. The SMILES string of the molecule is CC(C)Oc1cccc(C(=O)N(C)[C@@H]2[C@H]3CCO[C@H]3C2(C)C)n1. The molecule has 0 unspecified atom stereocenters. The van der Waals surface area contributed by atoms with Crippen LogP contribution in [0, 0.1) is 11.3 Å². The number of aromatic nitrogens is 1. The summed E-state index contributed by atoms with van der Waals surface area (Å²) in [4.78, 5) is 19.1. The maximum absolute atomic E-state index is 12.9. The highest BCUT2D eigenvalue weighted by molar-refractivity contribution is 5.92. The Morgan fingerprint density at radius 1 is 1.43 bits per heavy atom. The molecule has 0 spiro atoms. The van der Waals surface area contributed by atoms with Gasteiger partial charge in [0, 0.05) is 37.1 Å². The highest BCUT2D eigenvalue weighted by Crippen LogP contribution is 2.54. The number of ether oxygens (including phenoxy) is 2. The number of carbonyl (C=O) groups is 1. The van der Waals surface area contributed by atoms with Gasteiger partial charge in [-0.3, -0.25) is 4.79 Å². The molecule has 2 fully saturated rings. The van der Waals surface area contributed by atoms with Gasteiger partial charge in [0.15, 0.2) is 0 Å². The van der Waals surface area contributed by atoms with Crippen molar-refractivity contribution >= 4 is 5.91 Å². The maximum atomic E-state index is 12.9. The predicted molar refractivity (Wildman–Crippen MR) is 87.5 cm³/mol. The van der Waals surface area contributed by atoms with E-state index < -0.39 is 0 Å². The van der Waals surface area contributed by atoms with Crippen LogP contribution in [0.1, 0.15) is 44.6 Å². The zero-order valence-electron chi connectivity index (χ0n) is 14.6. The van der Waals surface area contributed by atoms with Crippen molar-refractivity contribution in [3.8, 4) is 5.88 Å². The van der Waals surface area contributed by atoms with Crippen LogP contribution < -0.4 is 4.74 Å². The fraction of sp³-hybridized carbons (Fsp3) is 0.667. The summed E-state index contributed by atoms with van der Waals surface area (Å²) in [6, 6.07) is 5.55. The summed E-state index contributed by atoms with van der Waals surface area (Å²) >= 11 is 0. The van der Waals surface area contributed by atoms with Crippen LogP contribution in [0.3, 0.4) is 0 Å². The van der Waals surface area contributed by atoms with E-state index in [4.69, 9.17) is 9.47 Å². The molecule has 1 aromatic heterocycles. The van der Waals surface area contributed by atoms with Crippen LogP contribution in [0.15, 0.2) is 18.2 Å². The van der Waals surface area contributed by atoms with Gasteiger partial charge in [-0.05, 0) is 26.3 Å². The third-order valence-electron chi connectivity index (χ3n) is 5.08. The Morgan fingerprint density at radius 3 is 2.87 bits per heavy atom. The fourth-order valence-corrected chi connectivity index (χ4v) is 4.23. The van der Waals surface area contributed by atoms with Crippen molar-refractivity contribution in [2.45, 2.75) is 52.4 Å². The van der Waals surface area contributed by atoms with Crippen molar-refractivity contribution in [3.63, 3.8) is 0 Å². The number of fused-ring (bicyclic) bond motifs is 1. The molecule has 1 amide bonds. The Bertz CT molecular complexity index is 600. The van der Waals surface area contributed by atoms with E-state index in [1.165, 1.54) is 0 Å². The Morgan fingerprint density at radius 2 is 2.17 bits per heavy atom. The summed E-state index contributed by atoms with van der Waals surface area (Å²) in [5.74, 6) is 0.880. The Kier molecular flexibility index (Phi) is 4.08. The van der Waals surface area contributed by atoms with Gasteiger partial charge in [0.25, 0.3) is 5.91 Å². The summed E-state index contributed by atoms with van der Waals surface area (Å²) in [6.45, 7) is 9.05. The lowest BCUT2D eigenvalue weighted by atomic mass is 9.57. The van der Waals surface area contributed by atoms with Gasteiger partial charge in [0.2, 0.25) is 5.88 Å². The molecular formula is C18H26N2O3. The first-order valence-corrected chi connectivity index (χ1v) is 8.35. The molecule has 5 heteroatoms. The van der Waals surface area contributed by atoms with Crippen LogP contribution in [0.5, 0.6) is 5.88 Å². The molecular weight excluding hydrogens is 292 g/mol. The van der Waals surface area contributed by atoms with Crippen LogP contribution in [0.4, 0.5) is 0 Å². The third-order valence-corrected chi connectivity index (χ3v) is 5.08. The van der Waals surface area contributed by atoms with Gasteiger partial charge in [-0.25, -0.2) is 4.98 Å². The standard InChI is InChI=1S/C18H26N2O3/c1-11(2)23-14-8-6-7-13(19-14)17(21)20(5)15-12-9-10-22-16(12)18(15,3)4/h6-8,11-12,15-16H,9-10H2,1-5H3/t12-,15-,16-/m1/s1. The molecule has 1 saturated heterocycles. The molecule has 3 rings (SSSR count). The van der Waals surface area contributed by atoms with Crippen LogP contribution in [-0.2, 0) is 4.74 Å². The molecule has 1 aliphatic carbocycles. The normalized spacial score (nSPS) is 28.2. The molecule has 1 aliphatic heterocycles. The molecule has 23 heavy (non-hydrogen) atoms. The average Bonchev–Trinajstić information content (AvgIpc) is 2.92. The van der Waals surface area contributed by atoms with E-state index in [-0.39, 0.29) is 29.6 Å². The molecule has 1 aromatic rings. The van der Waals surface area contributed by atoms with E-state index in [2.05, 4.69) is 18.8 Å². The van der Waals surface area contributed by atoms with E-state index in [0.717, 1.165) is 13.0 Å². The Labute approximate surface area is 138 Å². The Hall–Kier alpha value is -1.62. The quantitative estimate of drug-likeness (QED) is 0.856. The maximum Gasteiger partial charge on any atom is 0.272 e. The van der Waals surface area contributed by atoms with Crippen LogP contribution in [0.25, 0.3) is 0 Å². The molecule has 0 bridgehead atoms. The monoisotopic (exact) mass is 318 g/mol. The lowest BCUT2D eigenvalue weighted by Crippen LogP contribution is -2.66. The lowest BCUT2D eigenvalue weighted by molar-refractivity contribution is -0.139. The topological polar surface area (TPSA) is 51.7 Å². The minimum Gasteiger partial charge on any atom is -0.475 e. The molecule has 1 saturated carbocycles. The van der Waals surface area contributed by atoms with Gasteiger partial charge in [-0.15, -0.1) is 0 Å². The molecule has 5 nitrogen and oxygen atoms in total. The van der Waals surface area contributed by atoms with Crippen molar-refractivity contribution in [1.82, 2.24) is 9.88 Å². The first kappa shape index (κ1) is 16.2. The summed E-state index contributed by atoms with van der Waals surface area (Å²) in [7, 11) is 1.88. The second-order valence-electron chi connectivity index (χ2n) is 7.45. The summed E-state index contributed by atoms with van der Waals surface area (Å²) in [6.07, 6.45) is 1.33. The molecule has 3 atom stereocenters. The number of hydrogen-bond acceptors (Lipinski definition) is 4. The van der Waals surface area contributed by atoms with Gasteiger partial charge in [-0.2, -0.15) is 0 Å². The molecule has 2 heterocycles. The van der Waals surface area contributed by atoms with E-state index in [0.29, 0.717) is 17.5 Å². The largest absolute Gasteiger partial charge is 0.475 e. The number of rotatable bonds is 4. The predicted octanol–water partition coefficient (Wildman–Crippen LogP) is 2.75. The average molecular weight is 318 g/mol. The van der Waals surface area contributed by atoms with Crippen molar-refractivity contribution in [2.24, 2.45) is 11.3 Å². The third kappa shape index (κ3) is 2.71. The second kappa shape index (κ2) is 5.78. The van der Waals surface area contributed by atoms with Gasteiger partial charge in [0.05, 0.1) is 12.2 Å². The van der Waals surface area contributed by atoms with E-state index in [9.17, 15) is 4.79 Å². The zero-order valence-corrected chi connectivity index (χ0v) is 14.6. The smallest absolute Gasteiger partial charge is 0.272 e. The van der Waals surface area contributed by atoms with Crippen LogP contribution >= 0.6 is 0 Å². The first-order chi connectivity index (χ1) is 10.8. The first-order valence-electron chi connectivity index (χ1n) is 8.35. The zero-order chi connectivity index (χ0) is 16.8. The van der Waals surface area contributed by atoms with Crippen molar-refractivity contribution in [2.75, 3.05) is 13.7 Å². The highest BCUT2D eigenvalue weighted by atomic mass is 16.5. The van der Waals surface area contributed by atoms with E-state index >= 15 is 0 Å². The minimum atomic E-state index is -0.0531. The van der Waals surface area contributed by atoms with Crippen molar-refractivity contribution < 1.29 is 14.3 Å². The summed E-state index contributed by atoms with van der Waals surface area (Å²) in [5, 5.41) is 0. The number of nitrogens with zero attached hydrogens (tertiary/aromatic N) is 2. The van der Waals surface area contributed by atoms with Gasteiger partial charge in [-0.1, -0.05) is 19.9 Å². The van der Waals surface area contributed by atoms with Gasteiger partial charge < -0.3 is 14.4 Å². The number of pyridine rings is 1. The van der Waals surface area contributed by atoms with Gasteiger partial charge in [0.1, 0.15) is 5.69 Å². The summed E-state index contributed by atoms with van der Waals surface area (Å²) < 4.78 is 11.4. The van der Waals surface area contributed by atoms with E-state index in [1.807, 2.05) is 31.9 Å². The summed E-state index contributed by atoms with van der Waals surface area (Å²) in [5.41, 5.74) is 0.418. The van der Waals surface area contributed by atoms with Gasteiger partial charge >= 0.3 is 0 Å². The molecule has 2 aliphatic rings. The second-order valence-corrected chi connectivity index (χ2v) is 7.45. The van der Waals surface area contributed by atoms with Crippen molar-refractivity contribution in [3.05, 3.63) is 23.9 Å². The molecule has 0 N–H and O–H groups in total. The van der Waals surface area contributed by atoms with E-state index in [1.54, 1.807) is 12.1 Å². The minimum absolute atomic E-state index is 0.0163.